The Balaban J connectivity index is 2.25. The summed E-state index contributed by atoms with van der Waals surface area (Å²) in [6, 6.07) is 7.35. The predicted octanol–water partition coefficient (Wildman–Crippen LogP) is 4.17. The molecular weight excluding hydrogens is 421 g/mol. The van der Waals surface area contributed by atoms with Gasteiger partial charge in [-0.15, -0.1) is 0 Å². The zero-order chi connectivity index (χ0) is 22.0. The van der Waals surface area contributed by atoms with E-state index in [1.807, 2.05) is 0 Å². The van der Waals surface area contributed by atoms with E-state index in [1.165, 1.54) is 18.2 Å². The van der Waals surface area contributed by atoms with E-state index >= 15 is 0 Å². The number of hydrogen-bond donors (Lipinski definition) is 1. The van der Waals surface area contributed by atoms with Crippen molar-refractivity contribution in [3.8, 4) is 16.9 Å². The maximum absolute atomic E-state index is 13.9. The van der Waals surface area contributed by atoms with Gasteiger partial charge >= 0.3 is 0 Å². The van der Waals surface area contributed by atoms with Crippen LogP contribution in [0.4, 0.5) is 13.2 Å². The molecule has 1 atom stereocenters. The highest BCUT2D eigenvalue weighted by molar-refractivity contribution is 6.30. The molecule has 0 aliphatic rings. The maximum Gasteiger partial charge on any atom is 0.282 e. The lowest BCUT2D eigenvalue weighted by Crippen LogP contribution is -2.29. The van der Waals surface area contributed by atoms with Crippen molar-refractivity contribution in [3.05, 3.63) is 80.9 Å². The second kappa shape index (κ2) is 8.81. The third kappa shape index (κ3) is 4.60. The van der Waals surface area contributed by atoms with Gasteiger partial charge in [0.15, 0.2) is 5.78 Å². The van der Waals surface area contributed by atoms with Crippen LogP contribution in [0.15, 0.2) is 47.3 Å². The van der Waals surface area contributed by atoms with Crippen molar-refractivity contribution in [2.75, 3.05) is 6.61 Å². The van der Waals surface area contributed by atoms with E-state index in [4.69, 9.17) is 11.6 Å². The molecule has 5 nitrogen and oxygen atoms in total. The SMILES string of the molecule is C[C@@H](CO)CC(=O)c1cc(-c2ccc(Cl)c(F)c2)nn(-c2cc(F)cc(F)c2)c1=O. The Hall–Kier alpha value is -2.97. The summed E-state index contributed by atoms with van der Waals surface area (Å²) in [4.78, 5) is 25.5. The molecule has 1 N–H and O–H groups in total. The van der Waals surface area contributed by atoms with Crippen LogP contribution in [0.25, 0.3) is 16.9 Å². The lowest BCUT2D eigenvalue weighted by atomic mass is 10.00. The molecule has 0 saturated carbocycles. The van der Waals surface area contributed by atoms with Crippen LogP contribution >= 0.6 is 11.6 Å². The standard InChI is InChI=1S/C21H16ClF3N2O3/c1-11(10-28)4-20(29)16-9-19(12-2-3-17(22)18(25)5-12)26-27(21(16)30)15-7-13(23)6-14(24)8-15/h2-3,5-9,11,28H,4,10H2,1H3/t11-/m1/s1. The number of aliphatic hydroxyl groups excluding tert-OH is 1. The minimum atomic E-state index is -0.941. The van der Waals surface area contributed by atoms with Gasteiger partial charge in [-0.2, -0.15) is 9.78 Å². The highest BCUT2D eigenvalue weighted by Crippen LogP contribution is 2.24. The minimum absolute atomic E-state index is 0.0230. The Bertz CT molecular complexity index is 1160. The fourth-order valence-corrected chi connectivity index (χ4v) is 2.94. The Morgan fingerprint density at radius 3 is 2.40 bits per heavy atom. The molecule has 3 aromatic rings. The summed E-state index contributed by atoms with van der Waals surface area (Å²) >= 11 is 5.70. The van der Waals surface area contributed by atoms with Gasteiger partial charge in [0, 0.05) is 24.7 Å². The second-order valence-corrected chi connectivity index (χ2v) is 7.24. The smallest absolute Gasteiger partial charge is 0.282 e. The first kappa shape index (κ1) is 21.7. The van der Waals surface area contributed by atoms with Crippen molar-refractivity contribution in [3.63, 3.8) is 0 Å². The highest BCUT2D eigenvalue weighted by Gasteiger charge is 2.20. The minimum Gasteiger partial charge on any atom is -0.396 e. The van der Waals surface area contributed by atoms with Crippen molar-refractivity contribution < 1.29 is 23.1 Å². The number of rotatable bonds is 6. The molecule has 3 rings (SSSR count). The third-order valence-electron chi connectivity index (χ3n) is 4.36. The molecule has 0 aliphatic heterocycles. The van der Waals surface area contributed by atoms with Crippen molar-refractivity contribution in [1.82, 2.24) is 9.78 Å². The van der Waals surface area contributed by atoms with Gasteiger partial charge in [0.2, 0.25) is 0 Å². The first-order valence-corrected chi connectivity index (χ1v) is 9.27. The predicted molar refractivity (Wildman–Crippen MR) is 105 cm³/mol. The second-order valence-electron chi connectivity index (χ2n) is 6.83. The number of hydrogen-bond acceptors (Lipinski definition) is 4. The van der Waals surface area contributed by atoms with E-state index < -0.39 is 34.7 Å². The normalized spacial score (nSPS) is 12.1. The molecule has 0 bridgehead atoms. The van der Waals surface area contributed by atoms with Crippen LogP contribution in [0.2, 0.25) is 5.02 Å². The number of aliphatic hydroxyl groups is 1. The Labute approximate surface area is 174 Å². The van der Waals surface area contributed by atoms with Gasteiger partial charge in [0.05, 0.1) is 22.0 Å². The van der Waals surface area contributed by atoms with Crippen LogP contribution in [0, 0.1) is 23.4 Å². The molecule has 0 amide bonds. The van der Waals surface area contributed by atoms with E-state index in [2.05, 4.69) is 5.10 Å². The lowest BCUT2D eigenvalue weighted by Gasteiger charge is -2.12. The summed E-state index contributed by atoms with van der Waals surface area (Å²) in [5.41, 5.74) is -1.21. The molecule has 0 fully saturated rings. The van der Waals surface area contributed by atoms with E-state index in [0.717, 1.165) is 18.2 Å². The first-order chi connectivity index (χ1) is 14.2. The summed E-state index contributed by atoms with van der Waals surface area (Å²) in [7, 11) is 0. The summed E-state index contributed by atoms with van der Waals surface area (Å²) in [5.74, 6) is -3.63. The van der Waals surface area contributed by atoms with Crippen LogP contribution in [-0.2, 0) is 0 Å². The number of carbonyl (C=O) groups excluding carboxylic acids is 1. The zero-order valence-electron chi connectivity index (χ0n) is 15.7. The van der Waals surface area contributed by atoms with Gasteiger partial charge < -0.3 is 5.11 Å². The topological polar surface area (TPSA) is 72.2 Å². The van der Waals surface area contributed by atoms with Crippen molar-refractivity contribution in [1.29, 1.82) is 0 Å². The molecular formula is C21H16ClF3N2O3. The molecule has 1 aromatic heterocycles. The molecule has 9 heteroatoms. The quantitative estimate of drug-likeness (QED) is 0.589. The van der Waals surface area contributed by atoms with E-state index in [1.54, 1.807) is 6.92 Å². The molecule has 0 spiro atoms. The lowest BCUT2D eigenvalue weighted by molar-refractivity contribution is 0.0941. The fraction of sp³-hybridized carbons (Fsp3) is 0.190. The average molecular weight is 437 g/mol. The van der Waals surface area contributed by atoms with Crippen molar-refractivity contribution >= 4 is 17.4 Å². The summed E-state index contributed by atoms with van der Waals surface area (Å²) in [6.45, 7) is 1.35. The largest absolute Gasteiger partial charge is 0.396 e. The molecule has 156 valence electrons. The van der Waals surface area contributed by atoms with E-state index in [-0.39, 0.29) is 40.6 Å². The molecule has 2 aromatic carbocycles. The molecule has 0 saturated heterocycles. The summed E-state index contributed by atoms with van der Waals surface area (Å²) in [6.07, 6.45) is -0.137. The third-order valence-corrected chi connectivity index (χ3v) is 4.67. The van der Waals surface area contributed by atoms with Crippen LogP contribution in [-0.4, -0.2) is 27.3 Å². The van der Waals surface area contributed by atoms with Gasteiger partial charge in [-0.1, -0.05) is 24.6 Å². The van der Waals surface area contributed by atoms with Crippen LogP contribution in [0.5, 0.6) is 0 Å². The van der Waals surface area contributed by atoms with Crippen LogP contribution in [0.1, 0.15) is 23.7 Å². The van der Waals surface area contributed by atoms with E-state index in [9.17, 15) is 27.9 Å². The number of carbonyl (C=O) groups is 1. The molecule has 30 heavy (non-hydrogen) atoms. The Morgan fingerprint density at radius 2 is 1.80 bits per heavy atom. The summed E-state index contributed by atoms with van der Waals surface area (Å²) < 4.78 is 42.0. The number of ketones is 1. The maximum atomic E-state index is 13.9. The Morgan fingerprint density at radius 1 is 1.13 bits per heavy atom. The molecule has 0 unspecified atom stereocenters. The fourth-order valence-electron chi connectivity index (χ4n) is 2.82. The monoisotopic (exact) mass is 436 g/mol. The highest BCUT2D eigenvalue weighted by atomic mass is 35.5. The molecule has 1 heterocycles. The van der Waals surface area contributed by atoms with Gasteiger partial charge in [-0.05, 0) is 36.2 Å². The number of nitrogens with zero attached hydrogens (tertiary/aromatic N) is 2. The zero-order valence-corrected chi connectivity index (χ0v) is 16.5. The van der Waals surface area contributed by atoms with Gasteiger partial charge in [-0.3, -0.25) is 9.59 Å². The number of Topliss-reactive ketones (excluding diaryl/α,β-unsaturated/α-hetero) is 1. The van der Waals surface area contributed by atoms with Crippen LogP contribution in [0.3, 0.4) is 0 Å². The van der Waals surface area contributed by atoms with Gasteiger partial charge in [-0.25, -0.2) is 13.2 Å². The van der Waals surface area contributed by atoms with Gasteiger partial charge in [0.25, 0.3) is 5.56 Å². The first-order valence-electron chi connectivity index (χ1n) is 8.90. The number of halogens is 4. The van der Waals surface area contributed by atoms with Gasteiger partial charge in [0.1, 0.15) is 17.5 Å². The Kier molecular flexibility index (Phi) is 6.38. The summed E-state index contributed by atoms with van der Waals surface area (Å²) in [5, 5.41) is 13.1. The number of aromatic nitrogens is 2. The molecule has 0 radical (unpaired) electrons. The van der Waals surface area contributed by atoms with Crippen LogP contribution < -0.4 is 5.56 Å². The van der Waals surface area contributed by atoms with E-state index in [0.29, 0.717) is 10.7 Å². The van der Waals surface area contributed by atoms with Crippen molar-refractivity contribution in [2.24, 2.45) is 5.92 Å². The average Bonchev–Trinajstić information content (AvgIpc) is 2.69. The number of benzene rings is 2. The van der Waals surface area contributed by atoms with Crippen molar-refractivity contribution in [2.45, 2.75) is 13.3 Å². The molecule has 0 aliphatic carbocycles.